The first-order valence-corrected chi connectivity index (χ1v) is 30.8. The van der Waals surface area contributed by atoms with Gasteiger partial charge in [-0.15, -0.1) is 18.9 Å². The molecule has 1 saturated carbocycles. The molecule has 4 aliphatic rings. The summed E-state index contributed by atoms with van der Waals surface area (Å²) < 4.78 is 0. The smallest absolute Gasteiger partial charge is 0.143 e. The van der Waals surface area contributed by atoms with Gasteiger partial charge in [-0.1, -0.05) is 202 Å². The molecule has 2 aliphatic carbocycles. The number of carbonyl (C=O) groups is 2. The molecular weight excluding hydrogens is 941 g/mol. The quantitative estimate of drug-likeness (QED) is 0.0584. The van der Waals surface area contributed by atoms with E-state index < -0.39 is 11.5 Å². The van der Waals surface area contributed by atoms with Gasteiger partial charge >= 0.3 is 0 Å². The molecule has 2 fully saturated rings. The Bertz CT molecular complexity index is 2090. The predicted molar refractivity (Wildman–Crippen MR) is 340 cm³/mol. The van der Waals surface area contributed by atoms with Crippen molar-refractivity contribution in [2.24, 2.45) is 46.8 Å². The third kappa shape index (κ3) is 24.5. The Morgan fingerprint density at radius 1 is 0.870 bits per heavy atom. The molecule has 6 rings (SSSR count). The van der Waals surface area contributed by atoms with Crippen LogP contribution in [0.15, 0.2) is 95.7 Å². The van der Waals surface area contributed by atoms with Crippen molar-refractivity contribution in [3.05, 3.63) is 112 Å². The number of Topliss-reactive ketones (excluding diaryl/α,β-unsaturated/α-hetero) is 1. The number of aliphatic hydroxyl groups is 1. The van der Waals surface area contributed by atoms with Crippen LogP contribution in [-0.4, -0.2) is 65.3 Å². The summed E-state index contributed by atoms with van der Waals surface area (Å²) in [5.74, 6) is 5.71. The second kappa shape index (κ2) is 37.8. The van der Waals surface area contributed by atoms with Crippen LogP contribution in [0.1, 0.15) is 238 Å². The minimum atomic E-state index is -0.588. The maximum absolute atomic E-state index is 11.8. The Morgan fingerprint density at radius 3 is 1.94 bits per heavy atom. The molecule has 9 unspecified atom stereocenters. The number of rotatable bonds is 21. The van der Waals surface area contributed by atoms with Gasteiger partial charge in [-0.3, -0.25) is 4.79 Å². The van der Waals surface area contributed by atoms with Gasteiger partial charge in [-0.25, -0.2) is 0 Å². The standard InChI is InChI=1S/C33H39N.C20H38O3.C10H21N.C3H4.3C2H6/c1-23(2)12-11-13-24(3)18-29-32(28-19-26-16-9-10-17-27(26)20-28)31(25-14-7-6-8-15-25)30-21-33(4,5)22-34(29)30;1-8-20(7,23)18(6)15(3)11-9-10-14(2)16(4)12-19(22)17(5)13-21;1-8-5-9(2)7-10(6-8)11(3)4;1-3-2;3*1-2/h6-10,14-17,19,30-31H,1,3,11-13,18,20-22H2,2,4-5H3;13-18,23H,8-12H2,1-7H3;8-10H,5-7H2,1-4H3;1H,2H3;3*1-2H3/t;14?,15?,16?,17?,18?,20-;;;;;/m.1...../s1. The highest BCUT2D eigenvalue weighted by molar-refractivity contribution is 5.92. The van der Waals surface area contributed by atoms with Crippen molar-refractivity contribution in [2.75, 3.05) is 20.6 Å². The number of hydrogen-bond acceptors (Lipinski definition) is 5. The Labute approximate surface area is 477 Å². The molecule has 5 nitrogen and oxygen atoms in total. The molecular formula is C72H120N2O3. The molecule has 0 radical (unpaired) electrons. The fraction of sp³-hybridized carbons (Fsp3) is 0.667. The number of allylic oxidation sites excluding steroid dienone is 3. The monoisotopic (exact) mass is 1060 g/mol. The van der Waals surface area contributed by atoms with E-state index in [1.807, 2.05) is 55.4 Å². The van der Waals surface area contributed by atoms with Gasteiger partial charge in [0.25, 0.3) is 0 Å². The van der Waals surface area contributed by atoms with E-state index in [0.717, 1.165) is 88.5 Å². The van der Waals surface area contributed by atoms with Crippen molar-refractivity contribution in [2.45, 2.75) is 245 Å². The van der Waals surface area contributed by atoms with Crippen molar-refractivity contribution in [1.82, 2.24) is 9.80 Å². The summed E-state index contributed by atoms with van der Waals surface area (Å²) in [5.41, 5.74) is 11.4. The van der Waals surface area contributed by atoms with E-state index in [9.17, 15) is 14.7 Å². The number of ketones is 1. The molecule has 2 aromatic rings. The molecule has 2 heterocycles. The highest BCUT2D eigenvalue weighted by atomic mass is 16.3. The average molecular weight is 1060 g/mol. The Balaban J connectivity index is 0.00000116. The van der Waals surface area contributed by atoms with E-state index in [2.05, 4.69) is 172 Å². The number of carbonyl (C=O) groups excluding carboxylic acids is 2. The van der Waals surface area contributed by atoms with E-state index in [-0.39, 0.29) is 11.7 Å². The van der Waals surface area contributed by atoms with Crippen LogP contribution in [0.4, 0.5) is 0 Å². The zero-order valence-corrected chi connectivity index (χ0v) is 53.9. The molecule has 0 amide bonds. The maximum atomic E-state index is 11.8. The summed E-state index contributed by atoms with van der Waals surface area (Å²) in [6.07, 6.45) is 23.2. The highest BCUT2D eigenvalue weighted by Crippen LogP contribution is 2.55. The predicted octanol–water partition coefficient (Wildman–Crippen LogP) is 19.2. The Hall–Kier alpha value is -3.98. The van der Waals surface area contributed by atoms with Gasteiger partial charge in [0.2, 0.25) is 0 Å². The minimum absolute atomic E-state index is 0.0559. The van der Waals surface area contributed by atoms with Crippen LogP contribution in [0, 0.1) is 59.2 Å². The van der Waals surface area contributed by atoms with E-state index in [4.69, 9.17) is 0 Å². The summed E-state index contributed by atoms with van der Waals surface area (Å²) in [4.78, 5) is 27.7. The minimum Gasteiger partial charge on any atom is -0.390 e. The molecule has 2 aromatic carbocycles. The van der Waals surface area contributed by atoms with E-state index in [0.29, 0.717) is 41.5 Å². The molecule has 5 heteroatoms. The van der Waals surface area contributed by atoms with Crippen LogP contribution in [0.2, 0.25) is 0 Å². The van der Waals surface area contributed by atoms with E-state index >= 15 is 0 Å². The summed E-state index contributed by atoms with van der Waals surface area (Å²) in [7, 11) is 4.41. The average Bonchev–Trinajstić information content (AvgIpc) is 4.06. The number of aldehydes is 1. The van der Waals surface area contributed by atoms with E-state index in [1.54, 1.807) is 25.1 Å². The third-order valence-electron chi connectivity index (χ3n) is 16.9. The maximum Gasteiger partial charge on any atom is 0.143 e. The molecule has 1 saturated heterocycles. The van der Waals surface area contributed by atoms with Gasteiger partial charge < -0.3 is 19.7 Å². The SMILES string of the molecule is C#CC.C=C(C)CCCC(=C)CC1=C(C2=Cc3ccccc3C2)C(c2ccccc2)C2CC(C)(C)CN12.CC.CC.CC.CC1CC(C)CC(N(C)C)C1.CC[C@@](C)(O)C(C)C(C)CCCC(C)C(C)CC(=O)C(C)C=O. The molecule has 0 aromatic heterocycles. The van der Waals surface area contributed by atoms with Crippen LogP contribution < -0.4 is 0 Å². The fourth-order valence-electron chi connectivity index (χ4n) is 11.8. The molecule has 0 bridgehead atoms. The number of benzene rings is 2. The zero-order chi connectivity index (χ0) is 59.2. The molecule has 0 spiro atoms. The lowest BCUT2D eigenvalue weighted by Gasteiger charge is -2.35. The van der Waals surface area contributed by atoms with Crippen LogP contribution in [0.5, 0.6) is 0 Å². The van der Waals surface area contributed by atoms with Crippen molar-refractivity contribution in [3.8, 4) is 12.3 Å². The van der Waals surface area contributed by atoms with Crippen molar-refractivity contribution in [3.63, 3.8) is 0 Å². The van der Waals surface area contributed by atoms with Gasteiger partial charge in [0.05, 0.1) is 11.5 Å². The first-order chi connectivity index (χ1) is 36.4. The topological polar surface area (TPSA) is 60.9 Å². The molecule has 436 valence electrons. The number of hydrogen-bond donors (Lipinski definition) is 1. The normalized spacial score (nSPS) is 22.2. The Kier molecular flexibility index (Phi) is 35.9. The fourth-order valence-corrected chi connectivity index (χ4v) is 11.8. The number of fused-ring (bicyclic) bond motifs is 2. The zero-order valence-electron chi connectivity index (χ0n) is 53.9. The van der Waals surface area contributed by atoms with Gasteiger partial charge in [0, 0.05) is 43.1 Å². The highest BCUT2D eigenvalue weighted by Gasteiger charge is 2.50. The summed E-state index contributed by atoms with van der Waals surface area (Å²) in [6, 6.07) is 21.6. The largest absolute Gasteiger partial charge is 0.390 e. The van der Waals surface area contributed by atoms with E-state index in [1.165, 1.54) is 59.1 Å². The van der Waals surface area contributed by atoms with Gasteiger partial charge in [-0.05, 0) is 168 Å². The van der Waals surface area contributed by atoms with Gasteiger partial charge in [0.15, 0.2) is 0 Å². The van der Waals surface area contributed by atoms with Gasteiger partial charge in [0.1, 0.15) is 12.1 Å². The molecule has 77 heavy (non-hydrogen) atoms. The third-order valence-corrected chi connectivity index (χ3v) is 16.9. The first-order valence-electron chi connectivity index (χ1n) is 30.8. The number of nitrogens with zero attached hydrogens (tertiary/aromatic N) is 2. The molecule has 1 N–H and O–H groups in total. The van der Waals surface area contributed by atoms with Crippen LogP contribution >= 0.6 is 0 Å². The lowest BCUT2D eigenvalue weighted by Crippen LogP contribution is -2.35. The molecule has 2 aliphatic heterocycles. The lowest BCUT2D eigenvalue weighted by molar-refractivity contribution is -0.127. The van der Waals surface area contributed by atoms with Crippen LogP contribution in [0.25, 0.3) is 6.08 Å². The Morgan fingerprint density at radius 2 is 1.42 bits per heavy atom. The molecule has 10 atom stereocenters. The lowest BCUT2D eigenvalue weighted by atomic mass is 9.77. The van der Waals surface area contributed by atoms with Crippen molar-refractivity contribution in [1.29, 1.82) is 0 Å². The van der Waals surface area contributed by atoms with Crippen molar-refractivity contribution < 1.29 is 14.7 Å². The summed E-state index contributed by atoms with van der Waals surface area (Å²) in [6.45, 7) is 49.5. The van der Waals surface area contributed by atoms with Gasteiger partial charge in [-0.2, -0.15) is 0 Å². The second-order valence-corrected chi connectivity index (χ2v) is 24.4. The number of terminal acetylenes is 1. The summed E-state index contributed by atoms with van der Waals surface area (Å²) >= 11 is 0. The first kappa shape index (κ1) is 73.0. The van der Waals surface area contributed by atoms with Crippen molar-refractivity contribution >= 4 is 18.1 Å². The van der Waals surface area contributed by atoms with Crippen LogP contribution in [-0.2, 0) is 16.0 Å². The summed E-state index contributed by atoms with van der Waals surface area (Å²) in [5, 5.41) is 10.4. The van der Waals surface area contributed by atoms with Crippen LogP contribution in [0.3, 0.4) is 0 Å². The second-order valence-electron chi connectivity index (χ2n) is 24.4.